The summed E-state index contributed by atoms with van der Waals surface area (Å²) in [6.45, 7) is 6.58. The third kappa shape index (κ3) is 5.25. The Bertz CT molecular complexity index is 211. The quantitative estimate of drug-likeness (QED) is 0.709. The van der Waals surface area contributed by atoms with Crippen LogP contribution in [-0.4, -0.2) is 50.3 Å². The molecule has 0 bridgehead atoms. The monoisotopic (exact) mass is 256 g/mol. The first kappa shape index (κ1) is 15.9. The maximum atomic E-state index is 5.40. The molecule has 0 amide bonds. The Morgan fingerprint density at radius 3 is 2.67 bits per heavy atom. The lowest BCUT2D eigenvalue weighted by atomic mass is 10.0. The smallest absolute Gasteiger partial charge is 0.0670 e. The predicted molar refractivity (Wildman–Crippen MR) is 78.1 cm³/mol. The van der Waals surface area contributed by atoms with Crippen molar-refractivity contribution in [2.75, 3.05) is 27.2 Å². The third-order valence-corrected chi connectivity index (χ3v) is 4.15. The summed E-state index contributed by atoms with van der Waals surface area (Å²) in [5.74, 6) is 0. The molecule has 0 aromatic carbocycles. The van der Waals surface area contributed by atoms with Gasteiger partial charge in [-0.3, -0.25) is 4.90 Å². The van der Waals surface area contributed by atoms with Gasteiger partial charge in [0.1, 0.15) is 0 Å². The van der Waals surface area contributed by atoms with Crippen molar-refractivity contribution in [1.82, 2.24) is 10.2 Å². The van der Waals surface area contributed by atoms with Crippen molar-refractivity contribution in [3.63, 3.8) is 0 Å². The molecule has 0 spiro atoms. The summed E-state index contributed by atoms with van der Waals surface area (Å²) in [7, 11) is 4.06. The lowest BCUT2D eigenvalue weighted by molar-refractivity contribution is 0.0618. The van der Waals surface area contributed by atoms with Gasteiger partial charge in [-0.15, -0.1) is 0 Å². The molecule has 0 radical (unpaired) electrons. The molecule has 3 heteroatoms. The molecule has 1 aliphatic carbocycles. The molecule has 1 aliphatic rings. The second kappa shape index (κ2) is 8.89. The van der Waals surface area contributed by atoms with E-state index in [0.29, 0.717) is 18.2 Å². The van der Waals surface area contributed by atoms with E-state index >= 15 is 0 Å². The average Bonchev–Trinajstić information content (AvgIpc) is 2.61. The molecule has 3 atom stereocenters. The summed E-state index contributed by atoms with van der Waals surface area (Å²) in [5, 5.41) is 3.75. The Balaban J connectivity index is 2.54. The van der Waals surface area contributed by atoms with Crippen LogP contribution in [0.1, 0.15) is 52.4 Å². The van der Waals surface area contributed by atoms with Crippen LogP contribution in [0.4, 0.5) is 0 Å². The Kier molecular flexibility index (Phi) is 7.87. The summed E-state index contributed by atoms with van der Waals surface area (Å²) >= 11 is 0. The number of nitrogens with one attached hydrogen (secondary N) is 1. The van der Waals surface area contributed by atoms with Crippen LogP contribution >= 0.6 is 0 Å². The Hall–Kier alpha value is -0.120. The summed E-state index contributed by atoms with van der Waals surface area (Å²) in [4.78, 5) is 2.51. The molecule has 0 aromatic heterocycles. The Morgan fingerprint density at radius 2 is 2.00 bits per heavy atom. The van der Waals surface area contributed by atoms with E-state index in [9.17, 15) is 0 Å². The maximum Gasteiger partial charge on any atom is 0.0670 e. The lowest BCUT2D eigenvalue weighted by Gasteiger charge is -2.35. The normalized spacial score (nSPS) is 27.2. The van der Waals surface area contributed by atoms with E-state index in [1.807, 2.05) is 0 Å². The van der Waals surface area contributed by atoms with Crippen LogP contribution < -0.4 is 5.32 Å². The zero-order chi connectivity index (χ0) is 13.4. The minimum absolute atomic E-state index is 0.324. The summed E-state index contributed by atoms with van der Waals surface area (Å²) in [6.07, 6.45) is 8.36. The lowest BCUT2D eigenvalue weighted by Crippen LogP contribution is -2.50. The molecule has 0 aromatic rings. The highest BCUT2D eigenvalue weighted by Gasteiger charge is 2.27. The fourth-order valence-corrected chi connectivity index (χ4v) is 3.00. The third-order valence-electron chi connectivity index (χ3n) is 4.15. The highest BCUT2D eigenvalue weighted by Crippen LogP contribution is 2.22. The molecule has 1 N–H and O–H groups in total. The van der Waals surface area contributed by atoms with Crippen LogP contribution in [0.2, 0.25) is 0 Å². The van der Waals surface area contributed by atoms with Gasteiger partial charge in [-0.25, -0.2) is 0 Å². The fourth-order valence-electron chi connectivity index (χ4n) is 3.00. The van der Waals surface area contributed by atoms with Crippen molar-refractivity contribution in [3.8, 4) is 0 Å². The van der Waals surface area contributed by atoms with Gasteiger partial charge in [-0.05, 0) is 39.8 Å². The highest BCUT2D eigenvalue weighted by atomic mass is 16.5. The van der Waals surface area contributed by atoms with Gasteiger partial charge in [0.05, 0.1) is 6.10 Å². The highest BCUT2D eigenvalue weighted by molar-refractivity contribution is 4.86. The van der Waals surface area contributed by atoms with Crippen LogP contribution in [-0.2, 0) is 4.74 Å². The molecule has 1 fully saturated rings. The van der Waals surface area contributed by atoms with Crippen molar-refractivity contribution in [2.45, 2.75) is 70.6 Å². The second-order valence-electron chi connectivity index (χ2n) is 5.75. The van der Waals surface area contributed by atoms with E-state index in [2.05, 4.69) is 31.1 Å². The van der Waals surface area contributed by atoms with E-state index in [0.717, 1.165) is 13.1 Å². The van der Waals surface area contributed by atoms with Gasteiger partial charge in [-0.2, -0.15) is 0 Å². The zero-order valence-electron chi connectivity index (χ0n) is 12.7. The number of likely N-dealkylation sites (N-methyl/N-ethyl adjacent to an activating group) is 1. The predicted octanol–water partition coefficient (Wildman–Crippen LogP) is 2.65. The Morgan fingerprint density at radius 1 is 1.28 bits per heavy atom. The zero-order valence-corrected chi connectivity index (χ0v) is 12.7. The van der Waals surface area contributed by atoms with Crippen LogP contribution in [0.15, 0.2) is 0 Å². The van der Waals surface area contributed by atoms with Gasteiger partial charge in [0, 0.05) is 25.7 Å². The molecule has 18 heavy (non-hydrogen) atoms. The van der Waals surface area contributed by atoms with Crippen LogP contribution in [0.5, 0.6) is 0 Å². The molecule has 1 saturated carbocycles. The minimum atomic E-state index is 0.324. The van der Waals surface area contributed by atoms with Crippen molar-refractivity contribution < 1.29 is 4.74 Å². The van der Waals surface area contributed by atoms with E-state index in [-0.39, 0.29) is 0 Å². The van der Waals surface area contributed by atoms with Gasteiger partial charge >= 0.3 is 0 Å². The second-order valence-corrected chi connectivity index (χ2v) is 5.75. The van der Waals surface area contributed by atoms with E-state index in [4.69, 9.17) is 4.74 Å². The average molecular weight is 256 g/mol. The largest absolute Gasteiger partial charge is 0.380 e. The van der Waals surface area contributed by atoms with Crippen LogP contribution in [0, 0.1) is 0 Å². The number of ether oxygens (including phenoxy) is 1. The molecule has 3 unspecified atom stereocenters. The van der Waals surface area contributed by atoms with Crippen molar-refractivity contribution in [3.05, 3.63) is 0 Å². The first-order chi connectivity index (χ1) is 8.69. The first-order valence-electron chi connectivity index (χ1n) is 7.65. The van der Waals surface area contributed by atoms with Gasteiger partial charge in [-0.1, -0.05) is 26.2 Å². The molecule has 1 rings (SSSR count). The molecule has 0 aliphatic heterocycles. The maximum absolute atomic E-state index is 5.40. The summed E-state index contributed by atoms with van der Waals surface area (Å²) < 4.78 is 5.40. The van der Waals surface area contributed by atoms with Crippen molar-refractivity contribution >= 4 is 0 Å². The minimum Gasteiger partial charge on any atom is -0.380 e. The molecule has 108 valence electrons. The van der Waals surface area contributed by atoms with Crippen molar-refractivity contribution in [2.24, 2.45) is 0 Å². The Labute approximate surface area is 113 Å². The van der Waals surface area contributed by atoms with Crippen LogP contribution in [0.3, 0.4) is 0 Å². The van der Waals surface area contributed by atoms with Crippen LogP contribution in [0.25, 0.3) is 0 Å². The van der Waals surface area contributed by atoms with Gasteiger partial charge < -0.3 is 10.1 Å². The molecule has 0 heterocycles. The first-order valence-corrected chi connectivity index (χ1v) is 7.65. The number of hydrogen-bond donors (Lipinski definition) is 1. The fraction of sp³-hybridized carbons (Fsp3) is 1.00. The molecular formula is C15H32N2O. The van der Waals surface area contributed by atoms with E-state index in [1.165, 1.54) is 38.5 Å². The summed E-state index contributed by atoms with van der Waals surface area (Å²) in [5.41, 5.74) is 0. The summed E-state index contributed by atoms with van der Waals surface area (Å²) in [6, 6.07) is 1.35. The van der Waals surface area contributed by atoms with Gasteiger partial charge in [0.15, 0.2) is 0 Å². The molecule has 3 nitrogen and oxygen atoms in total. The van der Waals surface area contributed by atoms with Gasteiger partial charge in [0.2, 0.25) is 0 Å². The molecular weight excluding hydrogens is 224 g/mol. The van der Waals surface area contributed by atoms with Crippen molar-refractivity contribution in [1.29, 1.82) is 0 Å². The number of methoxy groups -OCH3 is 1. The van der Waals surface area contributed by atoms with Gasteiger partial charge in [0.25, 0.3) is 0 Å². The van der Waals surface area contributed by atoms with E-state index in [1.54, 1.807) is 7.11 Å². The SMILES string of the molecule is CCCNC1CCCCCC1N(C)CC(C)OC. The number of nitrogens with zero attached hydrogens (tertiary/aromatic N) is 1. The standard InChI is InChI=1S/C15H32N2O/c1-5-11-16-14-9-7-6-8-10-15(14)17(3)12-13(2)18-4/h13-16H,5-12H2,1-4H3. The molecule has 0 saturated heterocycles. The van der Waals surface area contributed by atoms with E-state index < -0.39 is 0 Å². The number of rotatable bonds is 7. The number of hydrogen-bond acceptors (Lipinski definition) is 3. The topological polar surface area (TPSA) is 24.5 Å².